The van der Waals surface area contributed by atoms with Crippen LogP contribution in [0, 0.1) is 0 Å². The maximum atomic E-state index is 10.6. The molecule has 0 radical (unpaired) electrons. The van der Waals surface area contributed by atoms with Gasteiger partial charge in [-0.25, -0.2) is 4.79 Å². The second kappa shape index (κ2) is 6.40. The SMILES string of the molecule is O=C(O)/C=C/c1cc(Cl)cc(Cl)c1OCc1ncon1. The van der Waals surface area contributed by atoms with Gasteiger partial charge in [-0.3, -0.25) is 0 Å². The van der Waals surface area contributed by atoms with Crippen molar-refractivity contribution in [1.29, 1.82) is 0 Å². The van der Waals surface area contributed by atoms with Gasteiger partial charge in [0.15, 0.2) is 6.61 Å². The van der Waals surface area contributed by atoms with Crippen LogP contribution in [0.2, 0.25) is 10.0 Å². The summed E-state index contributed by atoms with van der Waals surface area (Å²) in [6, 6.07) is 3.03. The molecule has 0 bridgehead atoms. The van der Waals surface area contributed by atoms with Crippen LogP contribution >= 0.6 is 23.2 Å². The van der Waals surface area contributed by atoms with Crippen LogP contribution in [0.5, 0.6) is 5.75 Å². The molecule has 0 aliphatic heterocycles. The number of halogens is 2. The Balaban J connectivity index is 2.27. The Morgan fingerprint density at radius 3 is 2.90 bits per heavy atom. The number of carboxylic acids is 1. The topological polar surface area (TPSA) is 85.5 Å². The van der Waals surface area contributed by atoms with Gasteiger partial charge < -0.3 is 14.4 Å². The van der Waals surface area contributed by atoms with E-state index in [0.29, 0.717) is 22.2 Å². The summed E-state index contributed by atoms with van der Waals surface area (Å²) in [6.45, 7) is 0.0335. The van der Waals surface area contributed by atoms with E-state index in [1.807, 2.05) is 0 Å². The Hall–Kier alpha value is -2.05. The highest BCUT2D eigenvalue weighted by Crippen LogP contribution is 2.33. The van der Waals surface area contributed by atoms with Crippen molar-refractivity contribution in [1.82, 2.24) is 10.1 Å². The van der Waals surface area contributed by atoms with Gasteiger partial charge >= 0.3 is 5.97 Å². The molecular weight excluding hydrogens is 307 g/mol. The van der Waals surface area contributed by atoms with Gasteiger partial charge in [0.2, 0.25) is 12.2 Å². The number of carboxylic acid groups (broad SMARTS) is 1. The minimum Gasteiger partial charge on any atom is -0.483 e. The third-order valence-electron chi connectivity index (χ3n) is 2.20. The first-order chi connectivity index (χ1) is 9.56. The van der Waals surface area contributed by atoms with E-state index in [4.69, 9.17) is 33.0 Å². The molecule has 0 fully saturated rings. The molecule has 0 aliphatic rings. The first-order valence-corrected chi connectivity index (χ1v) is 6.10. The molecule has 0 unspecified atom stereocenters. The fourth-order valence-electron chi connectivity index (χ4n) is 1.41. The predicted octanol–water partition coefficient (Wildman–Crippen LogP) is 3.05. The number of aliphatic carboxylic acids is 1. The average Bonchev–Trinajstić information content (AvgIpc) is 2.88. The van der Waals surface area contributed by atoms with Crippen LogP contribution < -0.4 is 4.74 Å². The van der Waals surface area contributed by atoms with Crippen molar-refractivity contribution in [3.05, 3.63) is 46.0 Å². The van der Waals surface area contributed by atoms with E-state index in [-0.39, 0.29) is 11.6 Å². The summed E-state index contributed by atoms with van der Waals surface area (Å²) in [6.07, 6.45) is 3.47. The smallest absolute Gasteiger partial charge is 0.328 e. The van der Waals surface area contributed by atoms with Gasteiger partial charge in [0.1, 0.15) is 5.75 Å². The van der Waals surface area contributed by atoms with Crippen molar-refractivity contribution >= 4 is 35.2 Å². The molecule has 1 aromatic carbocycles. The highest BCUT2D eigenvalue weighted by Gasteiger charge is 2.11. The molecule has 2 rings (SSSR count). The summed E-state index contributed by atoms with van der Waals surface area (Å²) < 4.78 is 10.1. The predicted molar refractivity (Wildman–Crippen MR) is 71.8 cm³/mol. The molecule has 104 valence electrons. The van der Waals surface area contributed by atoms with Gasteiger partial charge in [0.05, 0.1) is 5.02 Å². The number of aromatic nitrogens is 2. The van der Waals surface area contributed by atoms with Crippen LogP contribution in [-0.4, -0.2) is 21.2 Å². The van der Waals surface area contributed by atoms with Gasteiger partial charge in [-0.15, -0.1) is 0 Å². The van der Waals surface area contributed by atoms with E-state index >= 15 is 0 Å². The normalized spacial score (nSPS) is 10.9. The maximum absolute atomic E-state index is 10.6. The van der Waals surface area contributed by atoms with Crippen LogP contribution in [-0.2, 0) is 11.4 Å². The summed E-state index contributed by atoms with van der Waals surface area (Å²) in [4.78, 5) is 14.4. The van der Waals surface area contributed by atoms with Crippen LogP contribution in [0.25, 0.3) is 6.08 Å². The maximum Gasteiger partial charge on any atom is 0.328 e. The Morgan fingerprint density at radius 2 is 2.25 bits per heavy atom. The molecule has 0 spiro atoms. The third kappa shape index (κ3) is 3.72. The van der Waals surface area contributed by atoms with Gasteiger partial charge in [-0.2, -0.15) is 4.98 Å². The lowest BCUT2D eigenvalue weighted by Gasteiger charge is -2.10. The van der Waals surface area contributed by atoms with Crippen LogP contribution in [0.15, 0.2) is 29.1 Å². The number of hydrogen-bond acceptors (Lipinski definition) is 5. The first-order valence-electron chi connectivity index (χ1n) is 5.34. The lowest BCUT2D eigenvalue weighted by molar-refractivity contribution is -0.131. The summed E-state index contributed by atoms with van der Waals surface area (Å²) in [7, 11) is 0. The average molecular weight is 315 g/mol. The molecule has 6 nitrogen and oxygen atoms in total. The van der Waals surface area contributed by atoms with E-state index in [2.05, 4.69) is 14.7 Å². The van der Waals surface area contributed by atoms with Crippen molar-refractivity contribution in [2.24, 2.45) is 0 Å². The van der Waals surface area contributed by atoms with Crippen LogP contribution in [0.4, 0.5) is 0 Å². The molecule has 0 saturated heterocycles. The molecule has 1 heterocycles. The lowest BCUT2D eigenvalue weighted by atomic mass is 10.2. The zero-order chi connectivity index (χ0) is 14.5. The zero-order valence-electron chi connectivity index (χ0n) is 9.92. The second-order valence-corrected chi connectivity index (χ2v) is 4.46. The van der Waals surface area contributed by atoms with Gasteiger partial charge in [0.25, 0.3) is 0 Å². The molecule has 20 heavy (non-hydrogen) atoms. The molecule has 0 aliphatic carbocycles. The summed E-state index contributed by atoms with van der Waals surface area (Å²) >= 11 is 11.9. The van der Waals surface area contributed by atoms with Crippen LogP contribution in [0.3, 0.4) is 0 Å². The van der Waals surface area contributed by atoms with E-state index in [9.17, 15) is 4.79 Å². The number of nitrogens with zero attached hydrogens (tertiary/aromatic N) is 2. The minimum atomic E-state index is -1.09. The van der Waals surface area contributed by atoms with Crippen molar-refractivity contribution in [2.45, 2.75) is 6.61 Å². The monoisotopic (exact) mass is 314 g/mol. The highest BCUT2D eigenvalue weighted by atomic mass is 35.5. The molecule has 0 saturated carbocycles. The summed E-state index contributed by atoms with van der Waals surface area (Å²) in [5.41, 5.74) is 0.438. The van der Waals surface area contributed by atoms with Gasteiger partial charge in [-0.05, 0) is 18.2 Å². The van der Waals surface area contributed by atoms with E-state index in [1.54, 1.807) is 6.07 Å². The molecule has 8 heteroatoms. The van der Waals surface area contributed by atoms with Crippen molar-refractivity contribution < 1.29 is 19.2 Å². The third-order valence-corrected chi connectivity index (χ3v) is 2.69. The molecule has 2 aromatic rings. The largest absolute Gasteiger partial charge is 0.483 e. The number of benzene rings is 1. The number of carbonyl (C=O) groups is 1. The number of hydrogen-bond donors (Lipinski definition) is 1. The Kier molecular flexibility index (Phi) is 4.60. The summed E-state index contributed by atoms with van der Waals surface area (Å²) in [5, 5.41) is 12.9. The van der Waals surface area contributed by atoms with E-state index in [0.717, 1.165) is 6.08 Å². The standard InChI is InChI=1S/C12H8Cl2N2O4/c13-8-3-7(1-2-11(17)18)12(9(14)4-8)19-5-10-15-6-20-16-10/h1-4,6H,5H2,(H,17,18)/b2-1+. The molecular formula is C12H8Cl2N2O4. The number of rotatable bonds is 5. The molecule has 0 amide bonds. The van der Waals surface area contributed by atoms with E-state index in [1.165, 1.54) is 18.5 Å². The lowest BCUT2D eigenvalue weighted by Crippen LogP contribution is -2.00. The Bertz CT molecular complexity index is 641. The fourth-order valence-corrected chi connectivity index (χ4v) is 1.97. The van der Waals surface area contributed by atoms with Crippen LogP contribution in [0.1, 0.15) is 11.4 Å². The Morgan fingerprint density at radius 1 is 1.45 bits per heavy atom. The quantitative estimate of drug-likeness (QED) is 0.854. The summed E-state index contributed by atoms with van der Waals surface area (Å²) in [5.74, 6) is -0.465. The highest BCUT2D eigenvalue weighted by molar-refractivity contribution is 6.35. The zero-order valence-corrected chi connectivity index (χ0v) is 11.4. The second-order valence-electron chi connectivity index (χ2n) is 3.61. The molecule has 1 N–H and O–H groups in total. The minimum absolute atomic E-state index is 0.0335. The first kappa shape index (κ1) is 14.4. The molecule has 0 atom stereocenters. The Labute approximate surface area is 123 Å². The van der Waals surface area contributed by atoms with Crippen molar-refractivity contribution in [3.8, 4) is 5.75 Å². The molecule has 1 aromatic heterocycles. The van der Waals surface area contributed by atoms with Crippen molar-refractivity contribution in [2.75, 3.05) is 0 Å². The van der Waals surface area contributed by atoms with Crippen molar-refractivity contribution in [3.63, 3.8) is 0 Å². The number of ether oxygens (including phenoxy) is 1. The van der Waals surface area contributed by atoms with E-state index < -0.39 is 5.97 Å². The van der Waals surface area contributed by atoms with Gasteiger partial charge in [-0.1, -0.05) is 28.4 Å². The van der Waals surface area contributed by atoms with Gasteiger partial charge in [0, 0.05) is 16.7 Å². The fraction of sp³-hybridized carbons (Fsp3) is 0.0833.